The molecule has 1 atom stereocenters. The van der Waals surface area contributed by atoms with Crippen LogP contribution in [0, 0.1) is 0 Å². The highest BCUT2D eigenvalue weighted by atomic mass is 32.2. The Balaban J connectivity index is 1.98. The molecule has 2 rings (SSSR count). The number of carbonyl (C=O) groups excluding carboxylic acids is 1. The summed E-state index contributed by atoms with van der Waals surface area (Å²) in [4.78, 5) is 12.3. The van der Waals surface area contributed by atoms with Crippen molar-refractivity contribution in [3.63, 3.8) is 0 Å². The molecule has 3 nitrogen and oxygen atoms in total. The monoisotopic (exact) mass is 295 g/mol. The second kappa shape index (κ2) is 6.91. The number of hydrogen-bond acceptors (Lipinski definition) is 4. The van der Waals surface area contributed by atoms with Gasteiger partial charge in [0.2, 0.25) is 0 Å². The molecule has 19 heavy (non-hydrogen) atoms. The smallest absolute Gasteiger partial charge is 0.259 e. The molecule has 0 aliphatic carbocycles. The van der Waals surface area contributed by atoms with Crippen molar-refractivity contribution in [1.29, 1.82) is 0 Å². The van der Waals surface area contributed by atoms with Crippen LogP contribution < -0.4 is 10.1 Å². The minimum absolute atomic E-state index is 0.0618. The molecule has 1 aliphatic heterocycles. The maximum atomic E-state index is 11.6. The fraction of sp³-hybridized carbons (Fsp3) is 0.357. The summed E-state index contributed by atoms with van der Waals surface area (Å²) in [7, 11) is 0. The van der Waals surface area contributed by atoms with E-state index in [2.05, 4.69) is 24.9 Å². The van der Waals surface area contributed by atoms with E-state index in [1.807, 2.05) is 30.3 Å². The lowest BCUT2D eigenvalue weighted by Crippen LogP contribution is -2.19. The Morgan fingerprint density at radius 3 is 2.74 bits per heavy atom. The zero-order chi connectivity index (χ0) is 13.7. The first-order chi connectivity index (χ1) is 9.19. The van der Waals surface area contributed by atoms with E-state index in [4.69, 9.17) is 4.74 Å². The van der Waals surface area contributed by atoms with Crippen LogP contribution in [-0.4, -0.2) is 17.2 Å². The van der Waals surface area contributed by atoms with Crippen LogP contribution in [0.15, 0.2) is 29.2 Å². The van der Waals surface area contributed by atoms with E-state index in [9.17, 15) is 4.79 Å². The molecule has 1 aliphatic rings. The molecule has 0 saturated carbocycles. The van der Waals surface area contributed by atoms with Crippen molar-refractivity contribution in [3.8, 4) is 5.75 Å². The average molecular weight is 295 g/mol. The van der Waals surface area contributed by atoms with Gasteiger partial charge in [-0.2, -0.15) is 0 Å². The molecule has 1 amide bonds. The lowest BCUT2D eigenvalue weighted by molar-refractivity contribution is -0.116. The normalized spacial score (nSPS) is 20.6. The van der Waals surface area contributed by atoms with Crippen molar-refractivity contribution in [2.75, 3.05) is 6.61 Å². The highest BCUT2D eigenvalue weighted by molar-refractivity contribution is 8.14. The molecule has 1 saturated heterocycles. The van der Waals surface area contributed by atoms with Gasteiger partial charge in [0.25, 0.3) is 5.91 Å². The number of hydrogen-bond donors (Lipinski definition) is 2. The average Bonchev–Trinajstić information content (AvgIpc) is 2.70. The second-order valence-corrected chi connectivity index (χ2v) is 6.24. The standard InChI is InChI=1S/C14H17NO2S2/c1-2-3-8-17-11-6-4-10(5-7-11)9-12-13(16)15-14(18)19-12/h4-7,9,14,18H,2-3,8H2,1H3,(H,15,16)/b12-9-. The Kier molecular flexibility index (Phi) is 5.22. The Hall–Kier alpha value is -1.07. The fourth-order valence-corrected chi connectivity index (χ4v) is 2.87. The van der Waals surface area contributed by atoms with Gasteiger partial charge >= 0.3 is 0 Å². The van der Waals surface area contributed by atoms with Crippen molar-refractivity contribution >= 4 is 36.4 Å². The van der Waals surface area contributed by atoms with Gasteiger partial charge in [0.1, 0.15) is 10.5 Å². The fourth-order valence-electron chi connectivity index (χ4n) is 1.63. The minimum atomic E-state index is -0.143. The number of benzene rings is 1. The van der Waals surface area contributed by atoms with Crippen molar-refractivity contribution in [2.24, 2.45) is 0 Å². The van der Waals surface area contributed by atoms with Crippen molar-refractivity contribution < 1.29 is 9.53 Å². The van der Waals surface area contributed by atoms with Crippen LogP contribution in [0.1, 0.15) is 25.3 Å². The van der Waals surface area contributed by atoms with Gasteiger partial charge in [0, 0.05) is 0 Å². The van der Waals surface area contributed by atoms with Gasteiger partial charge in [-0.25, -0.2) is 0 Å². The number of rotatable bonds is 5. The lowest BCUT2D eigenvalue weighted by Gasteiger charge is -2.05. The third kappa shape index (κ3) is 4.21. The van der Waals surface area contributed by atoms with E-state index in [1.165, 1.54) is 11.8 Å². The van der Waals surface area contributed by atoms with Crippen LogP contribution in [0.25, 0.3) is 6.08 Å². The van der Waals surface area contributed by atoms with Crippen LogP contribution in [0.2, 0.25) is 0 Å². The highest BCUT2D eigenvalue weighted by Gasteiger charge is 2.23. The van der Waals surface area contributed by atoms with Crippen molar-refractivity contribution in [2.45, 2.75) is 24.5 Å². The number of unbranched alkanes of at least 4 members (excludes halogenated alkanes) is 1. The van der Waals surface area contributed by atoms with Crippen molar-refractivity contribution in [3.05, 3.63) is 34.7 Å². The van der Waals surface area contributed by atoms with Crippen LogP contribution in [-0.2, 0) is 4.79 Å². The zero-order valence-electron chi connectivity index (χ0n) is 10.8. The number of amides is 1. The molecule has 1 aromatic carbocycles. The van der Waals surface area contributed by atoms with Gasteiger partial charge < -0.3 is 10.1 Å². The van der Waals surface area contributed by atoms with E-state index in [1.54, 1.807) is 0 Å². The number of ether oxygens (including phenoxy) is 1. The summed E-state index contributed by atoms with van der Waals surface area (Å²) in [6.07, 6.45) is 4.05. The van der Waals surface area contributed by atoms with E-state index >= 15 is 0 Å². The molecular weight excluding hydrogens is 278 g/mol. The minimum Gasteiger partial charge on any atom is -0.494 e. The molecule has 0 bridgehead atoms. The predicted molar refractivity (Wildman–Crippen MR) is 83.3 cm³/mol. The number of thioether (sulfide) groups is 1. The van der Waals surface area contributed by atoms with Gasteiger partial charge in [0.05, 0.1) is 11.5 Å². The maximum absolute atomic E-state index is 11.6. The Bertz CT molecular complexity index is 471. The molecule has 0 aromatic heterocycles. The summed E-state index contributed by atoms with van der Waals surface area (Å²) in [5.41, 5.74) is 0.989. The molecule has 1 aromatic rings. The SMILES string of the molecule is CCCCOc1ccc(/C=C2\SC(S)NC2=O)cc1. The molecule has 1 heterocycles. The number of thiol groups is 1. The van der Waals surface area contributed by atoms with Gasteiger partial charge in [-0.1, -0.05) is 37.2 Å². The molecule has 1 unspecified atom stereocenters. The quantitative estimate of drug-likeness (QED) is 0.497. The first-order valence-electron chi connectivity index (χ1n) is 6.29. The topological polar surface area (TPSA) is 38.3 Å². The predicted octanol–water partition coefficient (Wildman–Crippen LogP) is 3.28. The van der Waals surface area contributed by atoms with Crippen LogP contribution >= 0.6 is 24.4 Å². The third-order valence-corrected chi connectivity index (χ3v) is 4.01. The van der Waals surface area contributed by atoms with Crippen LogP contribution in [0.5, 0.6) is 5.75 Å². The number of carbonyl (C=O) groups is 1. The summed E-state index contributed by atoms with van der Waals surface area (Å²) in [6.45, 7) is 2.88. The third-order valence-electron chi connectivity index (χ3n) is 2.66. The Labute approximate surface area is 123 Å². The van der Waals surface area contributed by atoms with Gasteiger partial charge in [-0.3, -0.25) is 4.79 Å². The molecule has 5 heteroatoms. The van der Waals surface area contributed by atoms with Gasteiger partial charge in [0.15, 0.2) is 0 Å². The molecular formula is C14H17NO2S2. The van der Waals surface area contributed by atoms with E-state index in [0.29, 0.717) is 4.91 Å². The summed E-state index contributed by atoms with van der Waals surface area (Å²) in [5.74, 6) is 0.805. The van der Waals surface area contributed by atoms with E-state index < -0.39 is 0 Å². The maximum Gasteiger partial charge on any atom is 0.259 e. The first kappa shape index (κ1) is 14.3. The van der Waals surface area contributed by atoms with E-state index in [-0.39, 0.29) is 10.6 Å². The Morgan fingerprint density at radius 2 is 2.16 bits per heavy atom. The second-order valence-electron chi connectivity index (χ2n) is 4.22. The van der Waals surface area contributed by atoms with E-state index in [0.717, 1.165) is 30.8 Å². The Morgan fingerprint density at radius 1 is 1.42 bits per heavy atom. The summed E-state index contributed by atoms with van der Waals surface area (Å²) < 4.78 is 5.45. The van der Waals surface area contributed by atoms with Crippen LogP contribution in [0.3, 0.4) is 0 Å². The molecule has 0 spiro atoms. The van der Waals surface area contributed by atoms with Gasteiger partial charge in [-0.05, 0) is 30.2 Å². The first-order valence-corrected chi connectivity index (χ1v) is 7.69. The summed E-state index contributed by atoms with van der Waals surface area (Å²) in [6, 6.07) is 7.76. The molecule has 1 N–H and O–H groups in total. The largest absolute Gasteiger partial charge is 0.494 e. The van der Waals surface area contributed by atoms with Crippen LogP contribution in [0.4, 0.5) is 0 Å². The van der Waals surface area contributed by atoms with Gasteiger partial charge in [-0.15, -0.1) is 12.6 Å². The molecule has 1 fully saturated rings. The van der Waals surface area contributed by atoms with Crippen molar-refractivity contribution in [1.82, 2.24) is 5.32 Å². The zero-order valence-corrected chi connectivity index (χ0v) is 12.5. The lowest BCUT2D eigenvalue weighted by atomic mass is 10.2. The molecule has 102 valence electrons. The molecule has 0 radical (unpaired) electrons. The number of nitrogens with one attached hydrogen (secondary N) is 1. The summed E-state index contributed by atoms with van der Waals surface area (Å²) in [5, 5.41) is 2.73. The highest BCUT2D eigenvalue weighted by Crippen LogP contribution is 2.31. The summed E-state index contributed by atoms with van der Waals surface area (Å²) >= 11 is 5.63.